The van der Waals surface area contributed by atoms with Gasteiger partial charge in [0.05, 0.1) is 13.0 Å². The van der Waals surface area contributed by atoms with E-state index in [1.165, 1.54) is 0 Å². The van der Waals surface area contributed by atoms with Crippen molar-refractivity contribution in [2.75, 3.05) is 19.0 Å². The molecule has 0 aliphatic heterocycles. The number of benzene rings is 1. The first-order valence-corrected chi connectivity index (χ1v) is 5.28. The molecule has 88 valence electrons. The Labute approximate surface area is 95.2 Å². The van der Waals surface area contributed by atoms with Gasteiger partial charge in [0.15, 0.2) is 0 Å². The van der Waals surface area contributed by atoms with Crippen molar-refractivity contribution in [3.05, 3.63) is 24.3 Å². The Bertz CT molecular complexity index is 335. The van der Waals surface area contributed by atoms with Crippen LogP contribution in [0.5, 0.6) is 5.75 Å². The largest absolute Gasteiger partial charge is 0.497 e. The molecule has 0 saturated carbocycles. The summed E-state index contributed by atoms with van der Waals surface area (Å²) in [5.41, 5.74) is 0.903. The normalized spacial score (nSPS) is 11.9. The number of rotatable bonds is 6. The molecule has 1 aromatic carbocycles. The van der Waals surface area contributed by atoms with E-state index in [-0.39, 0.29) is 5.92 Å². The Morgan fingerprint density at radius 2 is 2.06 bits per heavy atom. The van der Waals surface area contributed by atoms with Gasteiger partial charge in [0.1, 0.15) is 5.75 Å². The van der Waals surface area contributed by atoms with Gasteiger partial charge in [-0.05, 0) is 30.7 Å². The van der Waals surface area contributed by atoms with Crippen molar-refractivity contribution in [3.63, 3.8) is 0 Å². The Morgan fingerprint density at radius 1 is 1.44 bits per heavy atom. The quantitative estimate of drug-likeness (QED) is 0.776. The second-order valence-electron chi connectivity index (χ2n) is 3.55. The molecule has 0 saturated heterocycles. The van der Waals surface area contributed by atoms with Crippen LogP contribution in [-0.2, 0) is 4.79 Å². The lowest BCUT2D eigenvalue weighted by atomic mass is 10.1. The molecule has 0 fully saturated rings. The summed E-state index contributed by atoms with van der Waals surface area (Å²) in [5, 5.41) is 12.0. The van der Waals surface area contributed by atoms with E-state index in [9.17, 15) is 4.79 Å². The Morgan fingerprint density at radius 3 is 2.50 bits per heavy atom. The molecule has 0 bridgehead atoms. The van der Waals surface area contributed by atoms with Crippen LogP contribution in [0.1, 0.15) is 13.3 Å². The van der Waals surface area contributed by atoms with Gasteiger partial charge in [-0.3, -0.25) is 4.79 Å². The van der Waals surface area contributed by atoms with Crippen molar-refractivity contribution in [2.45, 2.75) is 13.3 Å². The minimum atomic E-state index is -0.761. The molecular formula is C12H17NO3. The molecule has 2 N–H and O–H groups in total. The van der Waals surface area contributed by atoms with Crippen molar-refractivity contribution in [1.82, 2.24) is 0 Å². The highest BCUT2D eigenvalue weighted by atomic mass is 16.5. The zero-order valence-corrected chi connectivity index (χ0v) is 9.56. The number of carboxylic acid groups (broad SMARTS) is 1. The topological polar surface area (TPSA) is 58.6 Å². The third-order valence-corrected chi connectivity index (χ3v) is 2.48. The first kappa shape index (κ1) is 12.4. The van der Waals surface area contributed by atoms with Crippen molar-refractivity contribution in [3.8, 4) is 5.75 Å². The summed E-state index contributed by atoms with van der Waals surface area (Å²) < 4.78 is 5.03. The average Bonchev–Trinajstić information content (AvgIpc) is 2.30. The Kier molecular flexibility index (Phi) is 4.64. The highest BCUT2D eigenvalue weighted by Crippen LogP contribution is 2.15. The third-order valence-electron chi connectivity index (χ3n) is 2.48. The van der Waals surface area contributed by atoms with Crippen LogP contribution in [0, 0.1) is 5.92 Å². The van der Waals surface area contributed by atoms with Gasteiger partial charge in [0, 0.05) is 12.2 Å². The lowest BCUT2D eigenvalue weighted by Gasteiger charge is -2.12. The standard InChI is InChI=1S/C12H17NO3/c1-3-9(12(14)15)8-13-10-4-6-11(16-2)7-5-10/h4-7,9,13H,3,8H2,1-2H3,(H,14,15). The van der Waals surface area contributed by atoms with E-state index in [1.54, 1.807) is 7.11 Å². The number of ether oxygens (including phenoxy) is 1. The van der Waals surface area contributed by atoms with Crippen molar-refractivity contribution in [1.29, 1.82) is 0 Å². The molecule has 0 heterocycles. The Balaban J connectivity index is 2.50. The summed E-state index contributed by atoms with van der Waals surface area (Å²) >= 11 is 0. The summed E-state index contributed by atoms with van der Waals surface area (Å²) in [4.78, 5) is 10.8. The third kappa shape index (κ3) is 3.46. The fourth-order valence-corrected chi connectivity index (χ4v) is 1.36. The van der Waals surface area contributed by atoms with Gasteiger partial charge in [-0.15, -0.1) is 0 Å². The molecule has 16 heavy (non-hydrogen) atoms. The highest BCUT2D eigenvalue weighted by molar-refractivity contribution is 5.70. The zero-order valence-electron chi connectivity index (χ0n) is 9.56. The van der Waals surface area contributed by atoms with Gasteiger partial charge in [-0.1, -0.05) is 6.92 Å². The lowest BCUT2D eigenvalue weighted by Crippen LogP contribution is -2.21. The van der Waals surface area contributed by atoms with E-state index in [4.69, 9.17) is 9.84 Å². The summed E-state index contributed by atoms with van der Waals surface area (Å²) in [5.74, 6) is -0.318. The number of carbonyl (C=O) groups is 1. The molecule has 1 aromatic rings. The molecule has 4 nitrogen and oxygen atoms in total. The number of carboxylic acids is 1. The van der Waals surface area contributed by atoms with E-state index in [1.807, 2.05) is 31.2 Å². The minimum absolute atomic E-state index is 0.345. The van der Waals surface area contributed by atoms with Crippen molar-refractivity contribution >= 4 is 11.7 Å². The van der Waals surface area contributed by atoms with Gasteiger partial charge in [0.2, 0.25) is 0 Å². The van der Waals surface area contributed by atoms with Crippen molar-refractivity contribution < 1.29 is 14.6 Å². The highest BCUT2D eigenvalue weighted by Gasteiger charge is 2.13. The maximum atomic E-state index is 10.8. The lowest BCUT2D eigenvalue weighted by molar-refractivity contribution is -0.141. The fourth-order valence-electron chi connectivity index (χ4n) is 1.36. The average molecular weight is 223 g/mol. The first-order valence-electron chi connectivity index (χ1n) is 5.28. The molecule has 0 aliphatic rings. The van der Waals surface area contributed by atoms with Crippen LogP contribution in [0.15, 0.2) is 24.3 Å². The molecule has 0 radical (unpaired) electrons. The van der Waals surface area contributed by atoms with E-state index < -0.39 is 5.97 Å². The number of hydrogen-bond donors (Lipinski definition) is 2. The second-order valence-corrected chi connectivity index (χ2v) is 3.55. The van der Waals surface area contributed by atoms with Crippen LogP contribution < -0.4 is 10.1 Å². The molecule has 0 amide bonds. The van der Waals surface area contributed by atoms with Gasteiger partial charge >= 0.3 is 5.97 Å². The predicted octanol–water partition coefficient (Wildman–Crippen LogP) is 2.22. The monoisotopic (exact) mass is 223 g/mol. The SMILES string of the molecule is CCC(CNc1ccc(OC)cc1)C(=O)O. The molecule has 0 aliphatic carbocycles. The molecular weight excluding hydrogens is 206 g/mol. The molecule has 0 spiro atoms. The predicted molar refractivity (Wildman–Crippen MR) is 62.9 cm³/mol. The fraction of sp³-hybridized carbons (Fsp3) is 0.417. The number of nitrogens with one attached hydrogen (secondary N) is 1. The van der Waals surface area contributed by atoms with Crippen LogP contribution in [0.25, 0.3) is 0 Å². The molecule has 1 unspecified atom stereocenters. The van der Waals surface area contributed by atoms with Gasteiger partial charge in [0.25, 0.3) is 0 Å². The summed E-state index contributed by atoms with van der Waals surface area (Å²) in [6.45, 7) is 2.31. The maximum absolute atomic E-state index is 10.8. The molecule has 1 rings (SSSR count). The zero-order chi connectivity index (χ0) is 12.0. The van der Waals surface area contributed by atoms with Crippen molar-refractivity contribution in [2.24, 2.45) is 5.92 Å². The second kappa shape index (κ2) is 6.00. The van der Waals surface area contributed by atoms with Crippen LogP contribution in [0.2, 0.25) is 0 Å². The number of anilines is 1. The first-order chi connectivity index (χ1) is 7.67. The van der Waals surface area contributed by atoms with Gasteiger partial charge in [-0.2, -0.15) is 0 Å². The molecule has 0 aromatic heterocycles. The van der Waals surface area contributed by atoms with E-state index in [0.717, 1.165) is 11.4 Å². The minimum Gasteiger partial charge on any atom is -0.497 e. The van der Waals surface area contributed by atoms with E-state index in [2.05, 4.69) is 5.32 Å². The van der Waals surface area contributed by atoms with Crippen LogP contribution in [-0.4, -0.2) is 24.7 Å². The number of hydrogen-bond acceptors (Lipinski definition) is 3. The smallest absolute Gasteiger partial charge is 0.308 e. The summed E-state index contributed by atoms with van der Waals surface area (Å²) in [6.07, 6.45) is 0.624. The maximum Gasteiger partial charge on any atom is 0.308 e. The number of aliphatic carboxylic acids is 1. The van der Waals surface area contributed by atoms with Gasteiger partial charge in [-0.25, -0.2) is 0 Å². The van der Waals surface area contributed by atoms with Gasteiger partial charge < -0.3 is 15.2 Å². The number of methoxy groups -OCH3 is 1. The molecule has 4 heteroatoms. The summed E-state index contributed by atoms with van der Waals surface area (Å²) in [7, 11) is 1.61. The van der Waals surface area contributed by atoms with E-state index >= 15 is 0 Å². The Hall–Kier alpha value is -1.71. The van der Waals surface area contributed by atoms with E-state index in [0.29, 0.717) is 13.0 Å². The van der Waals surface area contributed by atoms with Crippen LogP contribution >= 0.6 is 0 Å². The summed E-state index contributed by atoms with van der Waals surface area (Å²) in [6, 6.07) is 7.41. The molecule has 1 atom stereocenters. The van der Waals surface area contributed by atoms with Crippen LogP contribution in [0.4, 0.5) is 5.69 Å². The van der Waals surface area contributed by atoms with Crippen LogP contribution in [0.3, 0.4) is 0 Å².